The Hall–Kier alpha value is -2.01. The fraction of sp³-hybridized carbons (Fsp3) is 0.100. The van der Waals surface area contributed by atoms with Gasteiger partial charge in [-0.15, -0.1) is 11.8 Å². The molecule has 0 saturated heterocycles. The molecule has 142 valence electrons. The number of hydrogen-bond donors (Lipinski definition) is 0. The zero-order valence-electron chi connectivity index (χ0n) is 14.1. The molecule has 3 aromatic rings. The predicted octanol–water partition coefficient (Wildman–Crippen LogP) is 7.35. The summed E-state index contributed by atoms with van der Waals surface area (Å²) in [6, 6.07) is 16.4. The quantitative estimate of drug-likeness (QED) is 0.364. The molecule has 0 N–H and O–H groups in total. The van der Waals surface area contributed by atoms with Crippen molar-refractivity contribution in [2.24, 2.45) is 0 Å². The predicted molar refractivity (Wildman–Crippen MR) is 108 cm³/mol. The van der Waals surface area contributed by atoms with Crippen molar-refractivity contribution in [2.75, 3.05) is 0 Å². The lowest BCUT2D eigenvalue weighted by molar-refractivity contribution is -0.138. The van der Waals surface area contributed by atoms with Gasteiger partial charge in [0.15, 0.2) is 0 Å². The number of rotatable bonds is 4. The zero-order valence-corrected chi connectivity index (χ0v) is 17.3. The second-order valence-corrected chi connectivity index (χ2v) is 8.08. The second kappa shape index (κ2) is 8.56. The third kappa shape index (κ3) is 4.88. The van der Waals surface area contributed by atoms with Crippen molar-refractivity contribution in [3.63, 3.8) is 0 Å². The maximum Gasteiger partial charge on any atom is 0.417 e. The van der Waals surface area contributed by atoms with Crippen molar-refractivity contribution in [3.05, 3.63) is 80.8 Å². The lowest BCUT2D eigenvalue weighted by Crippen LogP contribution is -2.10. The Labute approximate surface area is 177 Å². The van der Waals surface area contributed by atoms with Crippen molar-refractivity contribution in [1.82, 2.24) is 4.98 Å². The van der Waals surface area contributed by atoms with E-state index in [0.717, 1.165) is 27.9 Å². The molecule has 1 heterocycles. The average Bonchev–Trinajstić information content (AvgIpc) is 2.66. The Morgan fingerprint density at radius 1 is 1.07 bits per heavy atom. The van der Waals surface area contributed by atoms with Gasteiger partial charge in [0.2, 0.25) is 0 Å². The molecule has 3 rings (SSSR count). The highest BCUT2D eigenvalue weighted by Crippen LogP contribution is 2.38. The molecule has 2 nitrogen and oxygen atoms in total. The molecule has 0 fully saturated rings. The summed E-state index contributed by atoms with van der Waals surface area (Å²) >= 11 is 10.2. The summed E-state index contributed by atoms with van der Waals surface area (Å²) in [6.07, 6.45) is -4.66. The molecule has 1 aromatic heterocycles. The van der Waals surface area contributed by atoms with Crippen LogP contribution < -0.4 is 0 Å². The van der Waals surface area contributed by atoms with Gasteiger partial charge in [0, 0.05) is 20.8 Å². The minimum atomic E-state index is -4.66. The Kier molecular flexibility index (Phi) is 6.33. The van der Waals surface area contributed by atoms with E-state index in [4.69, 9.17) is 11.6 Å². The normalized spacial score (nSPS) is 11.3. The Morgan fingerprint density at radius 3 is 2.29 bits per heavy atom. The molecule has 0 atom stereocenters. The average molecular weight is 484 g/mol. The fourth-order valence-corrected chi connectivity index (χ4v) is 3.81. The van der Waals surface area contributed by atoms with E-state index in [9.17, 15) is 18.4 Å². The van der Waals surface area contributed by atoms with E-state index in [0.29, 0.717) is 16.3 Å². The van der Waals surface area contributed by atoms with E-state index in [1.54, 1.807) is 54.6 Å². The van der Waals surface area contributed by atoms with E-state index in [1.165, 1.54) is 0 Å². The van der Waals surface area contributed by atoms with Crippen molar-refractivity contribution >= 4 is 39.3 Å². The van der Waals surface area contributed by atoms with Crippen LogP contribution in [0.1, 0.15) is 16.7 Å². The maximum atomic E-state index is 13.6. The molecular weight excluding hydrogens is 473 g/mol. The lowest BCUT2D eigenvalue weighted by Gasteiger charge is -2.14. The minimum Gasteiger partial charge on any atom is -0.240 e. The van der Waals surface area contributed by atoms with E-state index in [-0.39, 0.29) is 10.7 Å². The van der Waals surface area contributed by atoms with Crippen molar-refractivity contribution < 1.29 is 13.2 Å². The second-order valence-electron chi connectivity index (χ2n) is 5.77. The highest BCUT2D eigenvalue weighted by molar-refractivity contribution is 9.10. The number of alkyl halides is 3. The zero-order chi connectivity index (χ0) is 20.3. The Bertz CT molecular complexity index is 1030. The Morgan fingerprint density at radius 2 is 1.71 bits per heavy atom. The summed E-state index contributed by atoms with van der Waals surface area (Å²) in [4.78, 5) is 4.35. The van der Waals surface area contributed by atoms with Crippen LogP contribution in [-0.2, 0) is 11.9 Å². The van der Waals surface area contributed by atoms with Gasteiger partial charge in [0.1, 0.15) is 11.1 Å². The molecule has 0 saturated carbocycles. The smallest absolute Gasteiger partial charge is 0.240 e. The first-order chi connectivity index (χ1) is 13.3. The number of halogens is 5. The van der Waals surface area contributed by atoms with Crippen LogP contribution >= 0.6 is 39.3 Å². The Balaban J connectivity index is 2.05. The number of pyridine rings is 1. The molecule has 0 bridgehead atoms. The monoisotopic (exact) mass is 482 g/mol. The molecule has 0 aliphatic rings. The van der Waals surface area contributed by atoms with Crippen molar-refractivity contribution in [1.29, 1.82) is 5.26 Å². The molecule has 0 unspecified atom stereocenters. The number of nitrogens with zero attached hydrogens (tertiary/aromatic N) is 2. The van der Waals surface area contributed by atoms with Crippen LogP contribution in [0.5, 0.6) is 0 Å². The maximum absolute atomic E-state index is 13.6. The molecule has 0 aliphatic heterocycles. The van der Waals surface area contributed by atoms with Crippen molar-refractivity contribution in [3.8, 4) is 17.3 Å². The van der Waals surface area contributed by atoms with Gasteiger partial charge in [0.25, 0.3) is 0 Å². The first-order valence-electron chi connectivity index (χ1n) is 7.93. The highest BCUT2D eigenvalue weighted by Gasteiger charge is 2.36. The lowest BCUT2D eigenvalue weighted by atomic mass is 10.1. The van der Waals surface area contributed by atoms with Gasteiger partial charge in [-0.2, -0.15) is 18.4 Å². The van der Waals surface area contributed by atoms with Crippen LogP contribution in [0.2, 0.25) is 5.02 Å². The van der Waals surface area contributed by atoms with E-state index in [2.05, 4.69) is 20.9 Å². The summed E-state index contributed by atoms with van der Waals surface area (Å²) in [5.41, 5.74) is 0.112. The summed E-state index contributed by atoms with van der Waals surface area (Å²) in [7, 11) is 0. The van der Waals surface area contributed by atoms with Gasteiger partial charge < -0.3 is 0 Å². The number of nitriles is 1. The molecule has 8 heteroatoms. The topological polar surface area (TPSA) is 36.7 Å². The van der Waals surface area contributed by atoms with Gasteiger partial charge in [-0.3, -0.25) is 0 Å². The molecule has 0 aliphatic carbocycles. The van der Waals surface area contributed by atoms with Gasteiger partial charge in [0.05, 0.1) is 16.8 Å². The van der Waals surface area contributed by atoms with E-state index >= 15 is 0 Å². The van der Waals surface area contributed by atoms with Crippen LogP contribution in [0.15, 0.2) is 64.1 Å². The molecule has 0 spiro atoms. The highest BCUT2D eigenvalue weighted by atomic mass is 79.9. The summed E-state index contributed by atoms with van der Waals surface area (Å²) in [6.45, 7) is 0. The van der Waals surface area contributed by atoms with Crippen molar-refractivity contribution in [2.45, 2.75) is 17.0 Å². The van der Waals surface area contributed by atoms with E-state index < -0.39 is 17.3 Å². The number of benzene rings is 2. The third-order valence-electron chi connectivity index (χ3n) is 3.83. The van der Waals surface area contributed by atoms with Crippen LogP contribution in [0.4, 0.5) is 13.2 Å². The molecule has 0 radical (unpaired) electrons. The van der Waals surface area contributed by atoms with Crippen LogP contribution in [0.25, 0.3) is 11.3 Å². The number of hydrogen-bond acceptors (Lipinski definition) is 3. The van der Waals surface area contributed by atoms with Crippen LogP contribution in [-0.4, -0.2) is 4.98 Å². The fourth-order valence-electron chi connectivity index (χ4n) is 2.46. The van der Waals surface area contributed by atoms with Gasteiger partial charge in [-0.25, -0.2) is 4.98 Å². The van der Waals surface area contributed by atoms with Gasteiger partial charge >= 0.3 is 6.18 Å². The number of aromatic nitrogens is 1. The van der Waals surface area contributed by atoms with E-state index in [1.807, 2.05) is 0 Å². The standard InChI is InChI=1S/C20H11BrClF3N2S/c21-14-5-3-13(4-6-14)18-9-17(20(23,24)25)16(10-26)19(27-18)28-11-12-1-7-15(22)8-2-12/h1-9H,11H2. The third-order valence-corrected chi connectivity index (χ3v) is 5.66. The largest absolute Gasteiger partial charge is 0.417 e. The summed E-state index contributed by atoms with van der Waals surface area (Å²) in [5, 5.41) is 9.98. The number of thioether (sulfide) groups is 1. The summed E-state index contributed by atoms with van der Waals surface area (Å²) in [5.74, 6) is 0.361. The first kappa shape index (κ1) is 20.7. The minimum absolute atomic E-state index is 0.0465. The molecule has 0 amide bonds. The van der Waals surface area contributed by atoms with Crippen LogP contribution in [0.3, 0.4) is 0 Å². The SMILES string of the molecule is N#Cc1c(C(F)(F)F)cc(-c2ccc(Br)cc2)nc1SCc1ccc(Cl)cc1. The first-order valence-corrected chi connectivity index (χ1v) is 10.1. The van der Waals surface area contributed by atoms with Crippen LogP contribution in [0, 0.1) is 11.3 Å². The molecule has 2 aromatic carbocycles. The summed E-state index contributed by atoms with van der Waals surface area (Å²) < 4.78 is 41.5. The van der Waals surface area contributed by atoms with Gasteiger partial charge in [-0.1, -0.05) is 51.8 Å². The molecule has 28 heavy (non-hydrogen) atoms. The van der Waals surface area contributed by atoms with Gasteiger partial charge in [-0.05, 0) is 35.9 Å². The molecular formula is C20H11BrClF3N2S.